The topological polar surface area (TPSA) is 71.8 Å². The van der Waals surface area contributed by atoms with Crippen molar-refractivity contribution in [1.29, 1.82) is 0 Å². The van der Waals surface area contributed by atoms with Gasteiger partial charge in [0.1, 0.15) is 22.5 Å². The summed E-state index contributed by atoms with van der Waals surface area (Å²) in [6.07, 6.45) is 5.25. The zero-order chi connectivity index (χ0) is 18.0. The molecule has 1 fully saturated rings. The number of nitrogens with one attached hydrogen (secondary N) is 1. The molecule has 0 aromatic carbocycles. The third-order valence-corrected chi connectivity index (χ3v) is 4.74. The highest BCUT2D eigenvalue weighted by molar-refractivity contribution is 7.98. The summed E-state index contributed by atoms with van der Waals surface area (Å²) < 4.78 is 7.14. The largest absolute Gasteiger partial charge is 0.444 e. The Balaban J connectivity index is 1.49. The van der Waals surface area contributed by atoms with Crippen molar-refractivity contribution in [3.8, 4) is 0 Å². The molecular formula is C17H25N5O2S. The lowest BCUT2D eigenvalue weighted by Gasteiger charge is -2.39. The number of nitrogens with zero attached hydrogens (tertiary/aromatic N) is 4. The molecule has 0 bridgehead atoms. The summed E-state index contributed by atoms with van der Waals surface area (Å²) in [5.41, 5.74) is 1.87. The molecule has 0 radical (unpaired) electrons. The zero-order valence-corrected chi connectivity index (χ0v) is 16.0. The van der Waals surface area contributed by atoms with Gasteiger partial charge in [-0.25, -0.2) is 14.3 Å². The molecule has 1 amide bonds. The van der Waals surface area contributed by atoms with Crippen molar-refractivity contribution in [3.63, 3.8) is 0 Å². The standard InChI is InChI=1S/C17H25N5O2S/c1-17(2,3)24-16(23)18-7-12-8-21(9-12)10-13-5-6-22-14(13)15(25-4)19-11-20-22/h5-6,11-12H,7-10H2,1-4H3,(H,18,23). The molecule has 1 aliphatic rings. The lowest BCUT2D eigenvalue weighted by Crippen LogP contribution is -2.51. The first-order chi connectivity index (χ1) is 11.9. The van der Waals surface area contributed by atoms with Crippen LogP contribution in [0.3, 0.4) is 0 Å². The van der Waals surface area contributed by atoms with Crippen molar-refractivity contribution in [2.24, 2.45) is 5.92 Å². The van der Waals surface area contributed by atoms with E-state index in [1.165, 1.54) is 5.56 Å². The van der Waals surface area contributed by atoms with E-state index in [4.69, 9.17) is 4.74 Å². The van der Waals surface area contributed by atoms with Crippen LogP contribution < -0.4 is 5.32 Å². The van der Waals surface area contributed by atoms with Gasteiger partial charge in [-0.2, -0.15) is 5.10 Å². The monoisotopic (exact) mass is 363 g/mol. The minimum atomic E-state index is -0.455. The third-order valence-electron chi connectivity index (χ3n) is 4.06. The van der Waals surface area contributed by atoms with E-state index < -0.39 is 5.60 Å². The second-order valence-corrected chi connectivity index (χ2v) is 8.14. The third kappa shape index (κ3) is 4.43. The van der Waals surface area contributed by atoms with Gasteiger partial charge in [0.15, 0.2) is 0 Å². The average molecular weight is 363 g/mol. The van der Waals surface area contributed by atoms with Crippen LogP contribution in [0.4, 0.5) is 4.79 Å². The fourth-order valence-corrected chi connectivity index (χ4v) is 3.55. The first-order valence-corrected chi connectivity index (χ1v) is 9.62. The molecule has 1 N–H and O–H groups in total. The van der Waals surface area contributed by atoms with Gasteiger partial charge in [0.25, 0.3) is 0 Å². The van der Waals surface area contributed by atoms with Crippen molar-refractivity contribution in [1.82, 2.24) is 24.8 Å². The van der Waals surface area contributed by atoms with E-state index in [9.17, 15) is 4.79 Å². The van der Waals surface area contributed by atoms with E-state index >= 15 is 0 Å². The predicted octanol–water partition coefficient (Wildman–Crippen LogP) is 2.41. The molecule has 2 aromatic rings. The maximum Gasteiger partial charge on any atom is 0.407 e. The number of carbonyl (C=O) groups is 1. The molecule has 25 heavy (non-hydrogen) atoms. The van der Waals surface area contributed by atoms with Crippen molar-refractivity contribution < 1.29 is 9.53 Å². The second-order valence-electron chi connectivity index (χ2n) is 7.35. The van der Waals surface area contributed by atoms with Crippen molar-refractivity contribution in [2.45, 2.75) is 37.9 Å². The summed E-state index contributed by atoms with van der Waals surface area (Å²) in [5, 5.41) is 8.12. The van der Waals surface area contributed by atoms with Crippen LogP contribution in [0.15, 0.2) is 23.6 Å². The van der Waals surface area contributed by atoms with E-state index in [1.807, 2.05) is 37.7 Å². The fourth-order valence-electron chi connectivity index (χ4n) is 2.98. The van der Waals surface area contributed by atoms with Crippen LogP contribution in [0.2, 0.25) is 0 Å². The lowest BCUT2D eigenvalue weighted by molar-refractivity contribution is 0.0457. The SMILES string of the molecule is CSc1ncnn2ccc(CN3CC(CNC(=O)OC(C)(C)C)C3)c12. The van der Waals surface area contributed by atoms with Crippen molar-refractivity contribution >= 4 is 23.4 Å². The Morgan fingerprint density at radius 3 is 2.88 bits per heavy atom. The Labute approximate surface area is 152 Å². The number of alkyl carbamates (subject to hydrolysis) is 1. The Morgan fingerprint density at radius 1 is 1.44 bits per heavy atom. The molecule has 0 saturated carbocycles. The highest BCUT2D eigenvalue weighted by atomic mass is 32.2. The van der Waals surface area contributed by atoms with E-state index in [1.54, 1.807) is 18.1 Å². The summed E-state index contributed by atoms with van der Waals surface area (Å²) in [4.78, 5) is 18.4. The first kappa shape index (κ1) is 18.0. The Bertz CT molecular complexity index is 749. The fraction of sp³-hybridized carbons (Fsp3) is 0.588. The van der Waals surface area contributed by atoms with Gasteiger partial charge in [-0.3, -0.25) is 4.90 Å². The highest BCUT2D eigenvalue weighted by Gasteiger charge is 2.28. The molecule has 136 valence electrons. The molecule has 2 aromatic heterocycles. The maximum absolute atomic E-state index is 11.7. The molecule has 1 aliphatic heterocycles. The van der Waals surface area contributed by atoms with Gasteiger partial charge in [-0.15, -0.1) is 11.8 Å². The second kappa shape index (κ2) is 7.21. The van der Waals surface area contributed by atoms with Gasteiger partial charge in [-0.05, 0) is 38.7 Å². The molecule has 3 rings (SSSR count). The minimum absolute atomic E-state index is 0.342. The van der Waals surface area contributed by atoms with Crippen LogP contribution >= 0.6 is 11.8 Å². The van der Waals surface area contributed by atoms with Gasteiger partial charge in [0.05, 0.1) is 0 Å². The van der Waals surface area contributed by atoms with E-state index in [-0.39, 0.29) is 6.09 Å². The zero-order valence-electron chi connectivity index (χ0n) is 15.2. The van der Waals surface area contributed by atoms with Crippen LogP contribution in [0.25, 0.3) is 5.52 Å². The minimum Gasteiger partial charge on any atom is -0.444 e. The van der Waals surface area contributed by atoms with Crippen LogP contribution in [-0.2, 0) is 11.3 Å². The van der Waals surface area contributed by atoms with Crippen molar-refractivity contribution in [2.75, 3.05) is 25.9 Å². The Hall–Kier alpha value is -1.80. The van der Waals surface area contributed by atoms with E-state index in [0.29, 0.717) is 12.5 Å². The molecule has 7 nitrogen and oxygen atoms in total. The molecule has 1 saturated heterocycles. The van der Waals surface area contributed by atoms with Crippen LogP contribution in [-0.4, -0.2) is 57.1 Å². The van der Waals surface area contributed by atoms with Crippen LogP contribution in [0, 0.1) is 5.92 Å². The van der Waals surface area contributed by atoms with Crippen LogP contribution in [0.5, 0.6) is 0 Å². The summed E-state index contributed by atoms with van der Waals surface area (Å²) in [6.45, 7) is 9.07. The first-order valence-electron chi connectivity index (χ1n) is 8.40. The smallest absolute Gasteiger partial charge is 0.407 e. The van der Waals surface area contributed by atoms with Gasteiger partial charge in [-0.1, -0.05) is 0 Å². The number of ether oxygens (including phenoxy) is 1. The van der Waals surface area contributed by atoms with Gasteiger partial charge in [0.2, 0.25) is 0 Å². The summed E-state index contributed by atoms with van der Waals surface area (Å²) in [5.74, 6) is 0.470. The normalized spacial score (nSPS) is 16.0. The number of thioether (sulfide) groups is 1. The number of likely N-dealkylation sites (tertiary alicyclic amines) is 1. The molecule has 3 heterocycles. The lowest BCUT2D eigenvalue weighted by atomic mass is 9.99. The number of carbonyl (C=O) groups excluding carboxylic acids is 1. The molecule has 0 unspecified atom stereocenters. The quantitative estimate of drug-likeness (QED) is 0.823. The molecule has 0 spiro atoms. The molecule has 0 aliphatic carbocycles. The highest BCUT2D eigenvalue weighted by Crippen LogP contribution is 2.25. The van der Waals surface area contributed by atoms with Gasteiger partial charge < -0.3 is 10.1 Å². The summed E-state index contributed by atoms with van der Waals surface area (Å²) >= 11 is 1.63. The van der Waals surface area contributed by atoms with Crippen molar-refractivity contribution in [3.05, 3.63) is 24.2 Å². The molecular weight excluding hydrogens is 338 g/mol. The number of hydrogen-bond donors (Lipinski definition) is 1. The summed E-state index contributed by atoms with van der Waals surface area (Å²) in [6, 6.07) is 2.11. The predicted molar refractivity (Wildman–Crippen MR) is 97.8 cm³/mol. The van der Waals surface area contributed by atoms with E-state index in [2.05, 4.69) is 26.4 Å². The molecule has 0 atom stereocenters. The van der Waals surface area contributed by atoms with Gasteiger partial charge >= 0.3 is 6.09 Å². The number of hydrogen-bond acceptors (Lipinski definition) is 6. The Morgan fingerprint density at radius 2 is 2.20 bits per heavy atom. The maximum atomic E-state index is 11.7. The number of rotatable bonds is 5. The van der Waals surface area contributed by atoms with E-state index in [0.717, 1.165) is 30.2 Å². The number of fused-ring (bicyclic) bond motifs is 1. The number of amides is 1. The van der Waals surface area contributed by atoms with Crippen LogP contribution in [0.1, 0.15) is 26.3 Å². The number of aromatic nitrogens is 3. The summed E-state index contributed by atoms with van der Waals surface area (Å²) in [7, 11) is 0. The van der Waals surface area contributed by atoms with Gasteiger partial charge in [0, 0.05) is 38.3 Å². The average Bonchev–Trinajstić information content (AvgIpc) is 2.90. The Kier molecular flexibility index (Phi) is 5.19. The molecule has 8 heteroatoms.